The first-order chi connectivity index (χ1) is 13.3. The highest BCUT2D eigenvalue weighted by Gasteiger charge is 2.22. The summed E-state index contributed by atoms with van der Waals surface area (Å²) in [6, 6.07) is 13.9. The predicted molar refractivity (Wildman–Crippen MR) is 104 cm³/mol. The lowest BCUT2D eigenvalue weighted by Crippen LogP contribution is -2.48. The number of hydrogen-bond donors (Lipinski definition) is 0. The number of benzene rings is 1. The maximum Gasteiger partial charge on any atom is 0.241 e. The number of hydrogen-bond acceptors (Lipinski definition) is 6. The first-order valence-corrected chi connectivity index (χ1v) is 10.1. The van der Waals surface area contributed by atoms with Crippen molar-refractivity contribution in [1.29, 1.82) is 0 Å². The zero-order valence-corrected chi connectivity index (χ0v) is 15.9. The van der Waals surface area contributed by atoms with E-state index < -0.39 is 0 Å². The average Bonchev–Trinajstić information content (AvgIpc) is 3.39. The number of aryl methyl sites for hydroxylation is 1. The van der Waals surface area contributed by atoms with E-state index in [-0.39, 0.29) is 5.91 Å². The Morgan fingerprint density at radius 3 is 2.63 bits per heavy atom. The number of thiophene rings is 1. The Labute approximate surface area is 162 Å². The molecule has 0 bridgehead atoms. The number of carbonyl (C=O) groups is 1. The molecule has 4 rings (SSSR count). The van der Waals surface area contributed by atoms with Gasteiger partial charge in [-0.05, 0) is 17.9 Å². The van der Waals surface area contributed by atoms with E-state index in [1.807, 2.05) is 41.3 Å². The van der Waals surface area contributed by atoms with Crippen molar-refractivity contribution in [2.24, 2.45) is 0 Å². The maximum absolute atomic E-state index is 12.4. The second-order valence-corrected chi connectivity index (χ2v) is 7.65. The van der Waals surface area contributed by atoms with Gasteiger partial charge in [0.1, 0.15) is 0 Å². The summed E-state index contributed by atoms with van der Waals surface area (Å²) in [7, 11) is 0. The zero-order chi connectivity index (χ0) is 18.5. The molecule has 1 amide bonds. The second kappa shape index (κ2) is 8.45. The molecule has 0 saturated carbocycles. The van der Waals surface area contributed by atoms with Crippen molar-refractivity contribution in [2.45, 2.75) is 19.4 Å². The summed E-state index contributed by atoms with van der Waals surface area (Å²) in [5.74, 6) is 1.48. The van der Waals surface area contributed by atoms with Crippen LogP contribution in [0.5, 0.6) is 0 Å². The van der Waals surface area contributed by atoms with E-state index in [0.717, 1.165) is 38.2 Å². The molecular formula is C20H22N4O2S. The van der Waals surface area contributed by atoms with Crippen molar-refractivity contribution in [1.82, 2.24) is 19.9 Å². The molecule has 7 heteroatoms. The monoisotopic (exact) mass is 382 g/mol. The first-order valence-electron chi connectivity index (χ1n) is 9.18. The van der Waals surface area contributed by atoms with Crippen LogP contribution in [0.4, 0.5) is 0 Å². The molecule has 140 valence electrons. The number of carbonyl (C=O) groups excluding carboxylic acids is 1. The van der Waals surface area contributed by atoms with E-state index in [9.17, 15) is 4.79 Å². The molecular weight excluding hydrogens is 360 g/mol. The molecule has 0 radical (unpaired) electrons. The van der Waals surface area contributed by atoms with Gasteiger partial charge in [-0.1, -0.05) is 41.6 Å². The second-order valence-electron chi connectivity index (χ2n) is 6.61. The Morgan fingerprint density at radius 2 is 1.89 bits per heavy atom. The highest BCUT2D eigenvalue weighted by molar-refractivity contribution is 7.09. The van der Waals surface area contributed by atoms with Gasteiger partial charge in [0.05, 0.1) is 6.54 Å². The van der Waals surface area contributed by atoms with Gasteiger partial charge >= 0.3 is 0 Å². The van der Waals surface area contributed by atoms with Crippen LogP contribution in [0.15, 0.2) is 52.4 Å². The molecule has 0 atom stereocenters. The molecule has 0 spiro atoms. The van der Waals surface area contributed by atoms with Gasteiger partial charge in [0.15, 0.2) is 0 Å². The summed E-state index contributed by atoms with van der Waals surface area (Å²) in [6.07, 6.45) is 1.42. The molecule has 1 aliphatic heterocycles. The summed E-state index contributed by atoms with van der Waals surface area (Å²) < 4.78 is 5.39. The lowest BCUT2D eigenvalue weighted by Gasteiger charge is -2.34. The Morgan fingerprint density at radius 1 is 1.07 bits per heavy atom. The van der Waals surface area contributed by atoms with E-state index in [1.54, 1.807) is 11.3 Å². The average molecular weight is 382 g/mol. The van der Waals surface area contributed by atoms with Crippen molar-refractivity contribution < 1.29 is 9.32 Å². The Hall–Kier alpha value is -2.51. The number of rotatable bonds is 6. The van der Waals surface area contributed by atoms with Crippen LogP contribution in [0.3, 0.4) is 0 Å². The Bertz CT molecular complexity index is 855. The summed E-state index contributed by atoms with van der Waals surface area (Å²) in [5.41, 5.74) is 0.952. The zero-order valence-electron chi connectivity index (χ0n) is 15.1. The standard InChI is InChI=1S/C20H22N4O2S/c25-19(9-8-17-7-4-14-27-17)24-12-10-23(11-13-24)15-18-21-20(22-26-18)16-5-2-1-3-6-16/h1-7,14H,8-13,15H2. The van der Waals surface area contributed by atoms with Crippen molar-refractivity contribution >= 4 is 17.2 Å². The van der Waals surface area contributed by atoms with E-state index >= 15 is 0 Å². The molecule has 0 aliphatic carbocycles. The van der Waals surface area contributed by atoms with Gasteiger partial charge in [-0.25, -0.2) is 0 Å². The molecule has 1 aromatic carbocycles. The van der Waals surface area contributed by atoms with E-state index in [2.05, 4.69) is 26.5 Å². The van der Waals surface area contributed by atoms with Crippen LogP contribution in [0.25, 0.3) is 11.4 Å². The van der Waals surface area contributed by atoms with Gasteiger partial charge in [0, 0.05) is 43.0 Å². The van der Waals surface area contributed by atoms with Crippen LogP contribution in [0, 0.1) is 0 Å². The van der Waals surface area contributed by atoms with Crippen molar-refractivity contribution in [3.63, 3.8) is 0 Å². The van der Waals surface area contributed by atoms with Gasteiger partial charge in [0.25, 0.3) is 0 Å². The number of amides is 1. The van der Waals surface area contributed by atoms with E-state index in [1.165, 1.54) is 4.88 Å². The highest BCUT2D eigenvalue weighted by atomic mass is 32.1. The van der Waals surface area contributed by atoms with Gasteiger partial charge in [-0.2, -0.15) is 4.98 Å². The third-order valence-corrected chi connectivity index (χ3v) is 5.69. The van der Waals surface area contributed by atoms with Crippen molar-refractivity contribution in [3.8, 4) is 11.4 Å². The molecule has 3 heterocycles. The molecule has 27 heavy (non-hydrogen) atoms. The minimum atomic E-state index is 0.243. The molecule has 1 aliphatic rings. The summed E-state index contributed by atoms with van der Waals surface area (Å²) >= 11 is 1.71. The molecule has 2 aromatic heterocycles. The number of aromatic nitrogens is 2. The fourth-order valence-corrected chi connectivity index (χ4v) is 3.92. The Balaban J connectivity index is 1.25. The Kier molecular flexibility index (Phi) is 5.60. The van der Waals surface area contributed by atoms with Crippen molar-refractivity contribution in [2.75, 3.05) is 26.2 Å². The molecule has 6 nitrogen and oxygen atoms in total. The summed E-state index contributed by atoms with van der Waals surface area (Å²) in [6.45, 7) is 3.78. The van der Waals surface area contributed by atoms with E-state index in [4.69, 9.17) is 4.52 Å². The van der Waals surface area contributed by atoms with Gasteiger partial charge in [-0.3, -0.25) is 9.69 Å². The van der Waals surface area contributed by atoms with E-state index in [0.29, 0.717) is 24.7 Å². The van der Waals surface area contributed by atoms with Gasteiger partial charge < -0.3 is 9.42 Å². The van der Waals surface area contributed by atoms with Crippen LogP contribution in [0.1, 0.15) is 17.2 Å². The molecule has 0 N–H and O–H groups in total. The third kappa shape index (κ3) is 4.61. The highest BCUT2D eigenvalue weighted by Crippen LogP contribution is 2.17. The maximum atomic E-state index is 12.4. The fraction of sp³-hybridized carbons (Fsp3) is 0.350. The van der Waals surface area contributed by atoms with Crippen LogP contribution < -0.4 is 0 Å². The lowest BCUT2D eigenvalue weighted by atomic mass is 10.2. The predicted octanol–water partition coefficient (Wildman–Crippen LogP) is 3.08. The minimum absolute atomic E-state index is 0.243. The largest absolute Gasteiger partial charge is 0.340 e. The molecule has 3 aromatic rings. The van der Waals surface area contributed by atoms with Crippen LogP contribution in [0.2, 0.25) is 0 Å². The molecule has 1 saturated heterocycles. The smallest absolute Gasteiger partial charge is 0.241 e. The van der Waals surface area contributed by atoms with Crippen molar-refractivity contribution in [3.05, 3.63) is 58.6 Å². The third-order valence-electron chi connectivity index (χ3n) is 4.75. The SMILES string of the molecule is O=C(CCc1cccs1)N1CCN(Cc2nc(-c3ccccc3)no2)CC1. The van der Waals surface area contributed by atoms with Crippen LogP contribution in [-0.4, -0.2) is 52.0 Å². The summed E-state index contributed by atoms with van der Waals surface area (Å²) in [5, 5.41) is 6.12. The lowest BCUT2D eigenvalue weighted by molar-refractivity contribution is -0.133. The normalized spacial score (nSPS) is 15.2. The topological polar surface area (TPSA) is 62.5 Å². The summed E-state index contributed by atoms with van der Waals surface area (Å²) in [4.78, 5) is 22.4. The number of piperazine rings is 1. The minimum Gasteiger partial charge on any atom is -0.340 e. The van der Waals surface area contributed by atoms with Crippen LogP contribution >= 0.6 is 11.3 Å². The fourth-order valence-electron chi connectivity index (χ4n) is 3.21. The molecule has 1 fully saturated rings. The quantitative estimate of drug-likeness (QED) is 0.656. The number of nitrogens with zero attached hydrogens (tertiary/aromatic N) is 4. The first kappa shape index (κ1) is 17.9. The van der Waals surface area contributed by atoms with Crippen LogP contribution in [-0.2, 0) is 17.8 Å². The van der Waals surface area contributed by atoms with Gasteiger partial charge in [-0.15, -0.1) is 11.3 Å². The van der Waals surface area contributed by atoms with Gasteiger partial charge in [0.2, 0.25) is 17.6 Å². The molecule has 0 unspecified atom stereocenters.